The molecule has 3 nitrogen and oxygen atoms in total. The van der Waals surface area contributed by atoms with Gasteiger partial charge in [0.2, 0.25) is 0 Å². The summed E-state index contributed by atoms with van der Waals surface area (Å²) < 4.78 is 19.7. The molecular formula is C15H9ClFNO2S. The van der Waals surface area contributed by atoms with Crippen molar-refractivity contribution in [1.29, 1.82) is 0 Å². The van der Waals surface area contributed by atoms with E-state index in [2.05, 4.69) is 9.72 Å². The molecule has 2 heterocycles. The van der Waals surface area contributed by atoms with Gasteiger partial charge >= 0.3 is 5.97 Å². The maximum Gasteiger partial charge on any atom is 0.358 e. The van der Waals surface area contributed by atoms with E-state index in [0.29, 0.717) is 16.0 Å². The number of nitrogens with zero attached hydrogens (tertiary/aromatic N) is 1. The van der Waals surface area contributed by atoms with Gasteiger partial charge in [-0.05, 0) is 35.0 Å². The van der Waals surface area contributed by atoms with Crippen molar-refractivity contribution in [2.24, 2.45) is 0 Å². The summed E-state index contributed by atoms with van der Waals surface area (Å²) in [5, 5.41) is 2.83. The average Bonchev–Trinajstić information content (AvgIpc) is 2.97. The molecule has 0 fully saturated rings. The monoisotopic (exact) mass is 321 g/mol. The maximum absolute atomic E-state index is 14.5. The van der Waals surface area contributed by atoms with E-state index in [1.807, 2.05) is 17.5 Å². The zero-order valence-electron chi connectivity index (χ0n) is 10.9. The summed E-state index contributed by atoms with van der Waals surface area (Å²) in [6.07, 6.45) is 0. The Hall–Kier alpha value is -1.98. The topological polar surface area (TPSA) is 39.2 Å². The molecule has 0 spiro atoms. The standard InChI is InChI=1S/C15H9ClFNO2S/c1-20-15(19)13-10(16)4-5-11(18-13)9-3-2-8-6-7-21-14(8)12(9)17/h2-7H,1H3. The number of hydrogen-bond acceptors (Lipinski definition) is 4. The van der Waals surface area contributed by atoms with E-state index in [4.69, 9.17) is 11.6 Å². The zero-order valence-corrected chi connectivity index (χ0v) is 12.5. The Morgan fingerprint density at radius 2 is 2.10 bits per heavy atom. The van der Waals surface area contributed by atoms with Gasteiger partial charge in [0.25, 0.3) is 0 Å². The lowest BCUT2D eigenvalue weighted by atomic mass is 10.1. The van der Waals surface area contributed by atoms with Crippen LogP contribution in [0.2, 0.25) is 5.02 Å². The Kier molecular flexibility index (Phi) is 3.61. The van der Waals surface area contributed by atoms with Gasteiger partial charge in [0, 0.05) is 5.56 Å². The van der Waals surface area contributed by atoms with E-state index >= 15 is 0 Å². The molecule has 0 N–H and O–H groups in total. The SMILES string of the molecule is COC(=O)c1nc(-c2ccc3ccsc3c2F)ccc1Cl. The molecule has 106 valence electrons. The molecule has 6 heteroatoms. The fourth-order valence-electron chi connectivity index (χ4n) is 2.03. The Morgan fingerprint density at radius 3 is 2.86 bits per heavy atom. The molecule has 0 unspecified atom stereocenters. The number of benzene rings is 1. The quantitative estimate of drug-likeness (QED) is 0.650. The number of methoxy groups -OCH3 is 1. The molecule has 0 aliphatic carbocycles. The lowest BCUT2D eigenvalue weighted by Crippen LogP contribution is -2.06. The van der Waals surface area contributed by atoms with Crippen molar-refractivity contribution >= 4 is 39.0 Å². The molecule has 2 aromatic heterocycles. The first-order valence-corrected chi connectivity index (χ1v) is 7.28. The summed E-state index contributed by atoms with van der Waals surface area (Å²) in [5.41, 5.74) is 0.640. The summed E-state index contributed by atoms with van der Waals surface area (Å²) >= 11 is 7.24. The fourth-order valence-corrected chi connectivity index (χ4v) is 3.05. The van der Waals surface area contributed by atoms with Crippen molar-refractivity contribution in [1.82, 2.24) is 4.98 Å². The van der Waals surface area contributed by atoms with Gasteiger partial charge in [-0.2, -0.15) is 0 Å². The van der Waals surface area contributed by atoms with Gasteiger partial charge in [0.15, 0.2) is 5.69 Å². The molecule has 1 aromatic carbocycles. The first-order valence-electron chi connectivity index (χ1n) is 6.02. The Morgan fingerprint density at radius 1 is 1.29 bits per heavy atom. The van der Waals surface area contributed by atoms with E-state index in [9.17, 15) is 9.18 Å². The van der Waals surface area contributed by atoms with Gasteiger partial charge in [-0.25, -0.2) is 14.2 Å². The molecule has 3 rings (SSSR count). The van der Waals surface area contributed by atoms with E-state index < -0.39 is 5.97 Å². The third-order valence-corrected chi connectivity index (χ3v) is 4.29. The molecule has 0 saturated heterocycles. The van der Waals surface area contributed by atoms with Gasteiger partial charge in [-0.3, -0.25) is 0 Å². The highest BCUT2D eigenvalue weighted by Gasteiger charge is 2.17. The minimum atomic E-state index is -0.653. The molecule has 0 radical (unpaired) electrons. The van der Waals surface area contributed by atoms with Crippen molar-refractivity contribution in [3.8, 4) is 11.3 Å². The van der Waals surface area contributed by atoms with Crippen LogP contribution >= 0.6 is 22.9 Å². The molecule has 21 heavy (non-hydrogen) atoms. The number of fused-ring (bicyclic) bond motifs is 1. The van der Waals surface area contributed by atoms with E-state index in [0.717, 1.165) is 5.39 Å². The van der Waals surface area contributed by atoms with Crippen LogP contribution in [0.3, 0.4) is 0 Å². The van der Waals surface area contributed by atoms with Crippen molar-refractivity contribution in [3.05, 3.63) is 52.2 Å². The normalized spacial score (nSPS) is 10.8. The lowest BCUT2D eigenvalue weighted by molar-refractivity contribution is 0.0594. The van der Waals surface area contributed by atoms with Crippen LogP contribution in [0.1, 0.15) is 10.5 Å². The highest BCUT2D eigenvalue weighted by Crippen LogP contribution is 2.32. The number of halogens is 2. The largest absolute Gasteiger partial charge is 0.464 e. The number of aromatic nitrogens is 1. The summed E-state index contributed by atoms with van der Waals surface area (Å²) in [7, 11) is 1.24. The Bertz CT molecular complexity index is 847. The third kappa shape index (κ3) is 2.39. The number of ether oxygens (including phenoxy) is 1. The number of pyridine rings is 1. The van der Waals surface area contributed by atoms with Gasteiger partial charge in [0.05, 0.1) is 22.5 Å². The predicted octanol–water partition coefficient (Wildman–Crippen LogP) is 4.54. The van der Waals surface area contributed by atoms with Crippen LogP contribution in [0.4, 0.5) is 4.39 Å². The number of hydrogen-bond donors (Lipinski definition) is 0. The van der Waals surface area contributed by atoms with E-state index in [1.54, 1.807) is 12.1 Å². The molecule has 0 aliphatic heterocycles. The summed E-state index contributed by atoms with van der Waals surface area (Å²) in [6, 6.07) is 8.39. The van der Waals surface area contributed by atoms with Crippen molar-refractivity contribution in [2.75, 3.05) is 7.11 Å². The van der Waals surface area contributed by atoms with Crippen molar-refractivity contribution < 1.29 is 13.9 Å². The van der Waals surface area contributed by atoms with Crippen LogP contribution < -0.4 is 0 Å². The van der Waals surface area contributed by atoms with Crippen LogP contribution in [0.25, 0.3) is 21.3 Å². The molecule has 0 aliphatic rings. The first kappa shape index (κ1) is 14.0. The number of rotatable bonds is 2. The van der Waals surface area contributed by atoms with Crippen LogP contribution in [-0.4, -0.2) is 18.1 Å². The average molecular weight is 322 g/mol. The van der Waals surface area contributed by atoms with Gasteiger partial charge in [0.1, 0.15) is 5.82 Å². The zero-order chi connectivity index (χ0) is 15.0. The fraction of sp³-hybridized carbons (Fsp3) is 0.0667. The van der Waals surface area contributed by atoms with Crippen LogP contribution in [0.5, 0.6) is 0 Å². The minimum Gasteiger partial charge on any atom is -0.464 e. The third-order valence-electron chi connectivity index (χ3n) is 3.06. The van der Waals surface area contributed by atoms with Gasteiger partial charge in [-0.1, -0.05) is 17.7 Å². The molecule has 0 bridgehead atoms. The molecule has 3 aromatic rings. The van der Waals surface area contributed by atoms with E-state index in [-0.39, 0.29) is 16.5 Å². The minimum absolute atomic E-state index is 0.0256. The Balaban J connectivity index is 2.18. The highest BCUT2D eigenvalue weighted by atomic mass is 35.5. The van der Waals surface area contributed by atoms with Crippen molar-refractivity contribution in [3.63, 3.8) is 0 Å². The first-order chi connectivity index (χ1) is 10.1. The second-order valence-electron chi connectivity index (χ2n) is 4.28. The molecule has 0 amide bonds. The molecular weight excluding hydrogens is 313 g/mol. The van der Waals surface area contributed by atoms with E-state index in [1.165, 1.54) is 24.5 Å². The lowest BCUT2D eigenvalue weighted by Gasteiger charge is -2.07. The summed E-state index contributed by atoms with van der Waals surface area (Å²) in [4.78, 5) is 15.7. The molecule has 0 atom stereocenters. The number of carbonyl (C=O) groups is 1. The number of thiophene rings is 1. The number of esters is 1. The Labute approximate surface area is 129 Å². The maximum atomic E-state index is 14.5. The predicted molar refractivity (Wildman–Crippen MR) is 81.4 cm³/mol. The molecule has 0 saturated carbocycles. The van der Waals surface area contributed by atoms with Crippen molar-refractivity contribution in [2.45, 2.75) is 0 Å². The van der Waals surface area contributed by atoms with Crippen LogP contribution in [-0.2, 0) is 4.74 Å². The van der Waals surface area contributed by atoms with Gasteiger partial charge in [-0.15, -0.1) is 11.3 Å². The smallest absolute Gasteiger partial charge is 0.358 e. The highest BCUT2D eigenvalue weighted by molar-refractivity contribution is 7.17. The second kappa shape index (κ2) is 5.42. The number of carbonyl (C=O) groups excluding carboxylic acids is 1. The van der Waals surface area contributed by atoms with Gasteiger partial charge < -0.3 is 4.74 Å². The van der Waals surface area contributed by atoms with Crippen LogP contribution in [0.15, 0.2) is 35.7 Å². The second-order valence-corrected chi connectivity index (χ2v) is 5.61. The van der Waals surface area contributed by atoms with Crippen LogP contribution in [0, 0.1) is 5.82 Å². The summed E-state index contributed by atoms with van der Waals surface area (Å²) in [6.45, 7) is 0. The summed E-state index contributed by atoms with van der Waals surface area (Å²) in [5.74, 6) is -1.01.